The van der Waals surface area contributed by atoms with Crippen molar-refractivity contribution in [1.82, 2.24) is 0 Å². The van der Waals surface area contributed by atoms with Gasteiger partial charge in [0, 0.05) is 0 Å². The van der Waals surface area contributed by atoms with Gasteiger partial charge >= 0.3 is 0 Å². The maximum atomic E-state index is 2.37. The molecule has 0 amide bonds. The van der Waals surface area contributed by atoms with Crippen LogP contribution in [0.1, 0.15) is 33.6 Å². The molecule has 0 N–H and O–H groups in total. The van der Waals surface area contributed by atoms with Crippen molar-refractivity contribution < 1.29 is 0 Å². The van der Waals surface area contributed by atoms with E-state index in [4.69, 9.17) is 0 Å². The first-order chi connectivity index (χ1) is 3.19. The first-order valence-corrected chi connectivity index (χ1v) is 3.19. The first-order valence-electron chi connectivity index (χ1n) is 3.19. The lowest BCUT2D eigenvalue weighted by atomic mass is 10.0. The molecular formula is C7H14. The van der Waals surface area contributed by atoms with Crippen molar-refractivity contribution in [2.75, 3.05) is 0 Å². The maximum absolute atomic E-state index is 2.37. The fourth-order valence-corrected chi connectivity index (χ4v) is 1.13. The summed E-state index contributed by atoms with van der Waals surface area (Å²) in [6, 6.07) is 0. The summed E-state index contributed by atoms with van der Waals surface area (Å²) in [7, 11) is 0. The molecule has 42 valence electrons. The first kappa shape index (κ1) is 5.14. The highest BCUT2D eigenvalue weighted by atomic mass is 14.5. The van der Waals surface area contributed by atoms with Crippen LogP contribution >= 0.6 is 0 Å². The van der Waals surface area contributed by atoms with Crippen LogP contribution in [0.4, 0.5) is 0 Å². The molecule has 0 aromatic carbocycles. The lowest BCUT2D eigenvalue weighted by molar-refractivity contribution is 0.502. The lowest BCUT2D eigenvalue weighted by Gasteiger charge is -2.00. The molecule has 0 nitrogen and oxygen atoms in total. The minimum atomic E-state index is 0.750. The van der Waals surface area contributed by atoms with Crippen molar-refractivity contribution in [3.05, 3.63) is 0 Å². The van der Waals surface area contributed by atoms with E-state index in [1.54, 1.807) is 0 Å². The summed E-state index contributed by atoms with van der Waals surface area (Å²) in [6.07, 6.45) is 2.83. The predicted octanol–water partition coefficient (Wildman–Crippen LogP) is 2.44. The van der Waals surface area contributed by atoms with Gasteiger partial charge in [0.25, 0.3) is 0 Å². The van der Waals surface area contributed by atoms with Crippen LogP contribution in [0, 0.1) is 11.3 Å². The third-order valence-electron chi connectivity index (χ3n) is 2.61. The van der Waals surface area contributed by atoms with E-state index in [0.717, 1.165) is 11.3 Å². The Morgan fingerprint density at radius 1 is 1.71 bits per heavy atom. The van der Waals surface area contributed by atoms with Gasteiger partial charge in [-0.25, -0.2) is 0 Å². The van der Waals surface area contributed by atoms with Crippen molar-refractivity contribution in [1.29, 1.82) is 0 Å². The molecule has 0 bridgehead atoms. The molecule has 1 saturated carbocycles. The Kier molecular flexibility index (Phi) is 0.911. The van der Waals surface area contributed by atoms with E-state index in [2.05, 4.69) is 20.8 Å². The van der Waals surface area contributed by atoms with Gasteiger partial charge in [-0.1, -0.05) is 27.2 Å². The summed E-state index contributed by atoms with van der Waals surface area (Å²) in [5.74, 6) is 1.01. The third kappa shape index (κ3) is 0.667. The van der Waals surface area contributed by atoms with Crippen LogP contribution in [0.25, 0.3) is 0 Å². The van der Waals surface area contributed by atoms with Gasteiger partial charge in [0.05, 0.1) is 0 Å². The molecule has 1 aliphatic rings. The fraction of sp³-hybridized carbons (Fsp3) is 1.00. The second-order valence-corrected chi connectivity index (χ2v) is 3.11. The van der Waals surface area contributed by atoms with Crippen LogP contribution < -0.4 is 0 Å². The monoisotopic (exact) mass is 98.1 g/mol. The van der Waals surface area contributed by atoms with Gasteiger partial charge in [-0.05, 0) is 17.8 Å². The molecule has 1 rings (SSSR count). The van der Waals surface area contributed by atoms with Crippen LogP contribution in [-0.4, -0.2) is 0 Å². The highest BCUT2D eigenvalue weighted by molar-refractivity contribution is 4.94. The minimum Gasteiger partial charge on any atom is -0.0649 e. The molecule has 7 heavy (non-hydrogen) atoms. The van der Waals surface area contributed by atoms with Gasteiger partial charge < -0.3 is 0 Å². The second-order valence-electron chi connectivity index (χ2n) is 3.11. The molecule has 0 heterocycles. The second kappa shape index (κ2) is 1.24. The lowest BCUT2D eigenvalue weighted by Crippen LogP contribution is -1.90. The smallest absolute Gasteiger partial charge is 0.0300 e. The number of rotatable bonds is 1. The van der Waals surface area contributed by atoms with Gasteiger partial charge in [-0.2, -0.15) is 0 Å². The Hall–Kier alpha value is 0. The molecule has 2 atom stereocenters. The molecule has 1 fully saturated rings. The SMILES string of the molecule is CCC1(C)C[C@@H]1C. The van der Waals surface area contributed by atoms with E-state index in [9.17, 15) is 0 Å². The maximum Gasteiger partial charge on any atom is -0.0300 e. The molecule has 0 aromatic rings. The van der Waals surface area contributed by atoms with Gasteiger partial charge in [0.2, 0.25) is 0 Å². The van der Waals surface area contributed by atoms with Crippen LogP contribution in [-0.2, 0) is 0 Å². The van der Waals surface area contributed by atoms with Gasteiger partial charge in [0.1, 0.15) is 0 Å². The Labute approximate surface area is 45.9 Å². The zero-order valence-electron chi connectivity index (χ0n) is 5.49. The molecule has 0 spiro atoms. The molecule has 1 unspecified atom stereocenters. The Bertz CT molecular complexity index is 72.1. The summed E-state index contributed by atoms with van der Waals surface area (Å²) in [6.45, 7) is 6.99. The largest absolute Gasteiger partial charge is 0.0649 e. The molecular weight excluding hydrogens is 84.1 g/mol. The van der Waals surface area contributed by atoms with Crippen LogP contribution in [0.2, 0.25) is 0 Å². The van der Waals surface area contributed by atoms with E-state index in [-0.39, 0.29) is 0 Å². The Morgan fingerprint density at radius 2 is 2.14 bits per heavy atom. The van der Waals surface area contributed by atoms with Crippen LogP contribution in [0.5, 0.6) is 0 Å². The van der Waals surface area contributed by atoms with Crippen molar-refractivity contribution in [3.8, 4) is 0 Å². The summed E-state index contributed by atoms with van der Waals surface area (Å²) >= 11 is 0. The molecule has 0 heteroatoms. The van der Waals surface area contributed by atoms with E-state index < -0.39 is 0 Å². The quantitative estimate of drug-likeness (QED) is 0.472. The molecule has 1 aliphatic carbocycles. The molecule has 0 radical (unpaired) electrons. The minimum absolute atomic E-state index is 0.750. The average Bonchev–Trinajstić information content (AvgIpc) is 2.18. The highest BCUT2D eigenvalue weighted by Gasteiger charge is 2.44. The van der Waals surface area contributed by atoms with Crippen LogP contribution in [0.3, 0.4) is 0 Å². The normalized spacial score (nSPS) is 49.3. The third-order valence-corrected chi connectivity index (χ3v) is 2.61. The zero-order chi connectivity index (χ0) is 5.49. The summed E-state index contributed by atoms with van der Waals surface area (Å²) in [4.78, 5) is 0. The molecule has 0 aliphatic heterocycles. The predicted molar refractivity (Wildman–Crippen MR) is 32.2 cm³/mol. The summed E-state index contributed by atoms with van der Waals surface area (Å²) in [5, 5.41) is 0. The standard InChI is InChI=1S/C7H14/c1-4-7(3)5-6(7)2/h6H,4-5H2,1-3H3/t6-,7?/m0/s1. The topological polar surface area (TPSA) is 0 Å². The average molecular weight is 98.2 g/mol. The molecule has 0 saturated heterocycles. The van der Waals surface area contributed by atoms with Crippen LogP contribution in [0.15, 0.2) is 0 Å². The van der Waals surface area contributed by atoms with Crippen molar-refractivity contribution >= 4 is 0 Å². The van der Waals surface area contributed by atoms with Crippen molar-refractivity contribution in [2.24, 2.45) is 11.3 Å². The van der Waals surface area contributed by atoms with E-state index in [1.165, 1.54) is 12.8 Å². The van der Waals surface area contributed by atoms with Gasteiger partial charge in [-0.15, -0.1) is 0 Å². The van der Waals surface area contributed by atoms with Gasteiger partial charge in [-0.3, -0.25) is 0 Å². The Balaban J connectivity index is 2.36. The van der Waals surface area contributed by atoms with Gasteiger partial charge in [0.15, 0.2) is 0 Å². The Morgan fingerprint density at radius 3 is 2.14 bits per heavy atom. The fourth-order valence-electron chi connectivity index (χ4n) is 1.13. The highest BCUT2D eigenvalue weighted by Crippen LogP contribution is 2.53. The van der Waals surface area contributed by atoms with E-state index in [0.29, 0.717) is 0 Å². The molecule has 0 aromatic heterocycles. The number of hydrogen-bond donors (Lipinski definition) is 0. The van der Waals surface area contributed by atoms with Crippen molar-refractivity contribution in [3.63, 3.8) is 0 Å². The van der Waals surface area contributed by atoms with E-state index >= 15 is 0 Å². The number of hydrogen-bond acceptors (Lipinski definition) is 0. The zero-order valence-corrected chi connectivity index (χ0v) is 5.49. The summed E-state index contributed by atoms with van der Waals surface area (Å²) < 4.78 is 0. The summed E-state index contributed by atoms with van der Waals surface area (Å²) in [5.41, 5.74) is 0.750. The van der Waals surface area contributed by atoms with E-state index in [1.807, 2.05) is 0 Å². The van der Waals surface area contributed by atoms with Crippen molar-refractivity contribution in [2.45, 2.75) is 33.6 Å².